The quantitative estimate of drug-likeness (QED) is 0.883. The number of hydrogen-bond acceptors (Lipinski definition) is 4. The van der Waals surface area contributed by atoms with Gasteiger partial charge < -0.3 is 5.73 Å². The molecule has 1 aliphatic heterocycles. The Bertz CT molecular complexity index is 579. The van der Waals surface area contributed by atoms with Crippen molar-refractivity contribution < 1.29 is 8.42 Å². The standard InChI is InChI=1S/C12H22N4O2S/c1-8-5-6-16(9(2)7-8)19(17,18)11-10(3)15(4)14-12(11)13/h8-9H,5-7H2,1-4H3,(H2,13,14). The molecule has 2 N–H and O–H groups in total. The van der Waals surface area contributed by atoms with Gasteiger partial charge in [-0.1, -0.05) is 6.92 Å². The van der Waals surface area contributed by atoms with E-state index in [2.05, 4.69) is 12.0 Å². The molecule has 2 heterocycles. The molecule has 0 aliphatic carbocycles. The predicted octanol–water partition coefficient (Wildman–Crippen LogP) is 1.12. The maximum Gasteiger partial charge on any atom is 0.248 e. The summed E-state index contributed by atoms with van der Waals surface area (Å²) in [6, 6.07) is 0.00718. The average molecular weight is 286 g/mol. The van der Waals surface area contributed by atoms with E-state index in [-0.39, 0.29) is 16.8 Å². The van der Waals surface area contributed by atoms with Gasteiger partial charge in [0.2, 0.25) is 10.0 Å². The number of sulfonamides is 1. The summed E-state index contributed by atoms with van der Waals surface area (Å²) in [4.78, 5) is 0.163. The van der Waals surface area contributed by atoms with Crippen molar-refractivity contribution in [1.82, 2.24) is 14.1 Å². The molecule has 1 aliphatic rings. The van der Waals surface area contributed by atoms with Crippen LogP contribution in [0.5, 0.6) is 0 Å². The van der Waals surface area contributed by atoms with Crippen molar-refractivity contribution in [3.63, 3.8) is 0 Å². The first kappa shape index (κ1) is 14.3. The maximum absolute atomic E-state index is 12.8. The van der Waals surface area contributed by atoms with E-state index in [0.717, 1.165) is 12.8 Å². The maximum atomic E-state index is 12.8. The van der Waals surface area contributed by atoms with Crippen LogP contribution in [-0.2, 0) is 17.1 Å². The Kier molecular flexibility index (Phi) is 3.61. The molecule has 0 spiro atoms. The number of aromatic nitrogens is 2. The summed E-state index contributed by atoms with van der Waals surface area (Å²) < 4.78 is 28.6. The third-order valence-electron chi connectivity index (χ3n) is 3.95. The number of anilines is 1. The average Bonchev–Trinajstić information content (AvgIpc) is 2.52. The molecule has 19 heavy (non-hydrogen) atoms. The molecule has 0 radical (unpaired) electrons. The summed E-state index contributed by atoms with van der Waals surface area (Å²) in [5, 5.41) is 4.00. The number of nitrogens with two attached hydrogens (primary N) is 1. The van der Waals surface area contributed by atoms with Crippen LogP contribution in [0.15, 0.2) is 4.90 Å². The number of piperidine rings is 1. The summed E-state index contributed by atoms with van der Waals surface area (Å²) in [7, 11) is -1.85. The van der Waals surface area contributed by atoms with Crippen molar-refractivity contribution in [1.29, 1.82) is 0 Å². The van der Waals surface area contributed by atoms with E-state index < -0.39 is 10.0 Å². The predicted molar refractivity (Wildman–Crippen MR) is 74.1 cm³/mol. The molecule has 2 unspecified atom stereocenters. The van der Waals surface area contributed by atoms with Gasteiger partial charge >= 0.3 is 0 Å². The van der Waals surface area contributed by atoms with Gasteiger partial charge in [-0.2, -0.15) is 9.40 Å². The molecule has 1 fully saturated rings. The highest BCUT2D eigenvalue weighted by molar-refractivity contribution is 7.89. The second-order valence-electron chi connectivity index (χ2n) is 5.52. The number of aryl methyl sites for hydroxylation is 1. The van der Waals surface area contributed by atoms with Gasteiger partial charge in [0.25, 0.3) is 0 Å². The Balaban J connectivity index is 2.43. The second kappa shape index (κ2) is 4.79. The first-order chi connectivity index (χ1) is 8.75. The highest BCUT2D eigenvalue weighted by atomic mass is 32.2. The van der Waals surface area contributed by atoms with Crippen LogP contribution in [0.25, 0.3) is 0 Å². The van der Waals surface area contributed by atoms with E-state index >= 15 is 0 Å². The smallest absolute Gasteiger partial charge is 0.248 e. The molecule has 0 saturated carbocycles. The van der Waals surface area contributed by atoms with Crippen molar-refractivity contribution in [3.05, 3.63) is 5.69 Å². The molecular weight excluding hydrogens is 264 g/mol. The zero-order valence-corrected chi connectivity index (χ0v) is 12.7. The lowest BCUT2D eigenvalue weighted by atomic mass is 9.95. The van der Waals surface area contributed by atoms with E-state index in [0.29, 0.717) is 18.2 Å². The molecule has 0 aromatic carbocycles. The summed E-state index contributed by atoms with van der Waals surface area (Å²) in [5.74, 6) is 0.652. The Morgan fingerprint density at radius 2 is 2.00 bits per heavy atom. The minimum Gasteiger partial charge on any atom is -0.381 e. The van der Waals surface area contributed by atoms with Gasteiger partial charge in [0.15, 0.2) is 5.82 Å². The van der Waals surface area contributed by atoms with E-state index in [1.807, 2.05) is 6.92 Å². The van der Waals surface area contributed by atoms with E-state index in [4.69, 9.17) is 5.73 Å². The third-order valence-corrected chi connectivity index (χ3v) is 6.13. The zero-order chi connectivity index (χ0) is 14.4. The van der Waals surface area contributed by atoms with Crippen molar-refractivity contribution in [2.75, 3.05) is 12.3 Å². The molecule has 1 saturated heterocycles. The van der Waals surface area contributed by atoms with E-state index in [1.165, 1.54) is 4.68 Å². The molecule has 0 amide bonds. The molecule has 2 atom stereocenters. The molecule has 1 aromatic rings. The third kappa shape index (κ3) is 2.36. The Labute approximate surface area is 114 Å². The summed E-state index contributed by atoms with van der Waals surface area (Å²) in [5.41, 5.74) is 6.36. The Morgan fingerprint density at radius 1 is 1.37 bits per heavy atom. The van der Waals surface area contributed by atoms with Gasteiger partial charge in [0.05, 0.1) is 5.69 Å². The van der Waals surface area contributed by atoms with Gasteiger partial charge in [-0.25, -0.2) is 8.42 Å². The van der Waals surface area contributed by atoms with Crippen LogP contribution >= 0.6 is 0 Å². The fourth-order valence-corrected chi connectivity index (χ4v) is 4.74. The SMILES string of the molecule is Cc1c(S(=O)(=O)N2CCC(C)CC2C)c(N)nn1C. The number of rotatable bonds is 2. The van der Waals surface area contributed by atoms with Crippen molar-refractivity contribution in [2.24, 2.45) is 13.0 Å². The number of hydrogen-bond donors (Lipinski definition) is 1. The normalized spacial score (nSPS) is 25.7. The largest absolute Gasteiger partial charge is 0.381 e. The van der Waals surface area contributed by atoms with Crippen LogP contribution < -0.4 is 5.73 Å². The summed E-state index contributed by atoms with van der Waals surface area (Å²) >= 11 is 0. The highest BCUT2D eigenvalue weighted by Crippen LogP contribution is 2.31. The van der Waals surface area contributed by atoms with Gasteiger partial charge in [-0.3, -0.25) is 4.68 Å². The fourth-order valence-electron chi connectivity index (χ4n) is 2.79. The van der Waals surface area contributed by atoms with Crippen molar-refractivity contribution in [2.45, 2.75) is 44.6 Å². The summed E-state index contributed by atoms with van der Waals surface area (Å²) in [6.07, 6.45) is 1.78. The van der Waals surface area contributed by atoms with Crippen LogP contribution in [0.3, 0.4) is 0 Å². The number of nitrogen functional groups attached to an aromatic ring is 1. The monoisotopic (exact) mass is 286 g/mol. The van der Waals surface area contributed by atoms with Crippen LogP contribution in [0.4, 0.5) is 5.82 Å². The first-order valence-electron chi connectivity index (χ1n) is 6.56. The zero-order valence-electron chi connectivity index (χ0n) is 11.9. The van der Waals surface area contributed by atoms with Gasteiger partial charge in [-0.05, 0) is 32.6 Å². The van der Waals surface area contributed by atoms with Crippen LogP contribution in [-0.4, -0.2) is 35.1 Å². The van der Waals surface area contributed by atoms with Crippen LogP contribution in [0.2, 0.25) is 0 Å². The fraction of sp³-hybridized carbons (Fsp3) is 0.750. The molecule has 7 heteroatoms. The van der Waals surface area contributed by atoms with Gasteiger partial charge in [0, 0.05) is 19.6 Å². The molecule has 1 aromatic heterocycles. The van der Waals surface area contributed by atoms with Crippen molar-refractivity contribution in [3.8, 4) is 0 Å². The van der Waals surface area contributed by atoms with Gasteiger partial charge in [0.1, 0.15) is 4.90 Å². The first-order valence-corrected chi connectivity index (χ1v) is 8.00. The highest BCUT2D eigenvalue weighted by Gasteiger charge is 2.36. The topological polar surface area (TPSA) is 81.2 Å². The van der Waals surface area contributed by atoms with E-state index in [1.54, 1.807) is 18.3 Å². The molecular formula is C12H22N4O2S. The van der Waals surface area contributed by atoms with Crippen molar-refractivity contribution >= 4 is 15.8 Å². The summed E-state index contributed by atoms with van der Waals surface area (Å²) in [6.45, 7) is 6.39. The molecule has 6 nitrogen and oxygen atoms in total. The van der Waals surface area contributed by atoms with Crippen LogP contribution in [0, 0.1) is 12.8 Å². The Morgan fingerprint density at radius 3 is 2.47 bits per heavy atom. The lowest BCUT2D eigenvalue weighted by Gasteiger charge is -2.35. The number of nitrogens with zero attached hydrogens (tertiary/aromatic N) is 3. The molecule has 2 rings (SSSR count). The minimum absolute atomic E-state index is 0.00718. The lowest BCUT2D eigenvalue weighted by molar-refractivity contribution is 0.220. The minimum atomic E-state index is -3.55. The van der Waals surface area contributed by atoms with Crippen LogP contribution in [0.1, 0.15) is 32.4 Å². The van der Waals surface area contributed by atoms with E-state index in [9.17, 15) is 8.42 Å². The molecule has 0 bridgehead atoms. The second-order valence-corrected chi connectivity index (χ2v) is 7.35. The molecule has 108 valence electrons. The Hall–Kier alpha value is -1.08. The van der Waals surface area contributed by atoms with Gasteiger partial charge in [-0.15, -0.1) is 0 Å². The lowest BCUT2D eigenvalue weighted by Crippen LogP contribution is -2.44.